The molecule has 2 nitrogen and oxygen atoms in total. The van der Waals surface area contributed by atoms with Crippen molar-refractivity contribution < 1.29 is 9.53 Å². The van der Waals surface area contributed by atoms with Crippen LogP contribution in [0.25, 0.3) is 0 Å². The van der Waals surface area contributed by atoms with Crippen LogP contribution in [0.15, 0.2) is 10.2 Å². The maximum absolute atomic E-state index is 10.3. The molecule has 8 heavy (non-hydrogen) atoms. The van der Waals surface area contributed by atoms with Gasteiger partial charge in [-0.25, -0.2) is 4.79 Å². The fraction of sp³-hybridized carbons (Fsp3) is 0.400. The highest BCUT2D eigenvalue weighted by Gasteiger charge is 1.88. The van der Waals surface area contributed by atoms with E-state index in [0.29, 0.717) is 6.61 Å². The average Bonchev–Trinajstić information content (AvgIpc) is 1.68. The van der Waals surface area contributed by atoms with Crippen LogP contribution in [0, 0.1) is 0 Å². The van der Waals surface area contributed by atoms with Crippen LogP contribution in [0.1, 0.15) is 6.92 Å². The van der Waals surface area contributed by atoms with Crippen molar-refractivity contribution in [3.8, 4) is 0 Å². The second kappa shape index (κ2) is 5.08. The van der Waals surface area contributed by atoms with Gasteiger partial charge in [0.25, 0.3) is 0 Å². The lowest BCUT2D eigenvalue weighted by Crippen LogP contribution is -1.97. The van der Waals surface area contributed by atoms with Gasteiger partial charge in [0.2, 0.25) is 0 Å². The lowest BCUT2D eigenvalue weighted by molar-refractivity contribution is -0.137. The first kappa shape index (κ1) is 7.94. The fourth-order valence-corrected chi connectivity index (χ4v) is 0.535. The SMILES string of the molecule is CCOC(=O)/C=C\I. The van der Waals surface area contributed by atoms with E-state index in [1.54, 1.807) is 11.0 Å². The smallest absolute Gasteiger partial charge is 0.331 e. The first-order valence-electron chi connectivity index (χ1n) is 2.24. The Bertz CT molecular complexity index is 98.6. The third kappa shape index (κ3) is 4.11. The van der Waals surface area contributed by atoms with Gasteiger partial charge in [0.15, 0.2) is 0 Å². The highest BCUT2D eigenvalue weighted by atomic mass is 127. The number of rotatable bonds is 2. The van der Waals surface area contributed by atoms with Crippen LogP contribution in [0.4, 0.5) is 0 Å². The summed E-state index contributed by atoms with van der Waals surface area (Å²) in [7, 11) is 0. The van der Waals surface area contributed by atoms with Crippen molar-refractivity contribution in [2.45, 2.75) is 6.92 Å². The number of ether oxygens (including phenoxy) is 1. The molecule has 0 rings (SSSR count). The molecule has 0 saturated carbocycles. The second-order valence-corrected chi connectivity index (χ2v) is 1.76. The summed E-state index contributed by atoms with van der Waals surface area (Å²) in [4.78, 5) is 10.3. The number of hydrogen-bond acceptors (Lipinski definition) is 2. The van der Waals surface area contributed by atoms with Crippen LogP contribution >= 0.6 is 22.6 Å². The molecule has 0 aliphatic rings. The zero-order valence-electron chi connectivity index (χ0n) is 4.56. The Labute approximate surface area is 62.0 Å². The van der Waals surface area contributed by atoms with Crippen LogP contribution in [-0.4, -0.2) is 12.6 Å². The van der Waals surface area contributed by atoms with Crippen molar-refractivity contribution >= 4 is 28.6 Å². The molecule has 3 heteroatoms. The Kier molecular flexibility index (Phi) is 5.05. The van der Waals surface area contributed by atoms with Crippen molar-refractivity contribution in [1.29, 1.82) is 0 Å². The molecule has 0 aliphatic heterocycles. The van der Waals surface area contributed by atoms with Gasteiger partial charge in [0.1, 0.15) is 0 Å². The van der Waals surface area contributed by atoms with E-state index in [9.17, 15) is 4.79 Å². The van der Waals surface area contributed by atoms with E-state index in [1.807, 2.05) is 22.6 Å². The Morgan fingerprint density at radius 3 is 2.88 bits per heavy atom. The highest BCUT2D eigenvalue weighted by Crippen LogP contribution is 1.85. The van der Waals surface area contributed by atoms with E-state index in [0.717, 1.165) is 0 Å². The number of hydrogen-bond donors (Lipinski definition) is 0. The third-order valence-electron chi connectivity index (χ3n) is 0.486. The molecule has 0 unspecified atom stereocenters. The van der Waals surface area contributed by atoms with Crippen LogP contribution in [0.5, 0.6) is 0 Å². The molecule has 0 aromatic heterocycles. The van der Waals surface area contributed by atoms with E-state index >= 15 is 0 Å². The van der Waals surface area contributed by atoms with Crippen LogP contribution in [-0.2, 0) is 9.53 Å². The number of halogens is 1. The number of esters is 1. The quantitative estimate of drug-likeness (QED) is 0.405. The van der Waals surface area contributed by atoms with Crippen LogP contribution in [0.2, 0.25) is 0 Å². The topological polar surface area (TPSA) is 26.3 Å². The van der Waals surface area contributed by atoms with E-state index < -0.39 is 0 Å². The highest BCUT2D eigenvalue weighted by molar-refractivity contribution is 14.1. The minimum absolute atomic E-state index is 0.276. The summed E-state index contributed by atoms with van der Waals surface area (Å²) >= 11 is 1.96. The lowest BCUT2D eigenvalue weighted by Gasteiger charge is -1.91. The first-order chi connectivity index (χ1) is 3.81. The third-order valence-corrected chi connectivity index (χ3v) is 0.845. The molecule has 0 spiro atoms. The van der Waals surface area contributed by atoms with Gasteiger partial charge in [0.05, 0.1) is 6.61 Å². The fourth-order valence-electron chi connectivity index (χ4n) is 0.242. The largest absolute Gasteiger partial charge is 0.463 e. The normalized spacial score (nSPS) is 9.75. The molecular weight excluding hydrogens is 219 g/mol. The molecule has 0 aromatic carbocycles. The Hall–Kier alpha value is -0.0600. The number of carbonyl (C=O) groups excluding carboxylic acids is 1. The summed E-state index contributed by atoms with van der Waals surface area (Å²) in [5.41, 5.74) is 0. The van der Waals surface area contributed by atoms with Gasteiger partial charge >= 0.3 is 5.97 Å². The van der Waals surface area contributed by atoms with Gasteiger partial charge in [-0.2, -0.15) is 0 Å². The Morgan fingerprint density at radius 1 is 1.88 bits per heavy atom. The maximum Gasteiger partial charge on any atom is 0.331 e. The molecule has 0 amide bonds. The zero-order valence-corrected chi connectivity index (χ0v) is 6.71. The molecule has 0 aliphatic carbocycles. The second-order valence-electron chi connectivity index (χ2n) is 1.04. The van der Waals surface area contributed by atoms with Gasteiger partial charge < -0.3 is 4.74 Å². The van der Waals surface area contributed by atoms with E-state index in [4.69, 9.17) is 0 Å². The van der Waals surface area contributed by atoms with Crippen molar-refractivity contribution in [3.05, 3.63) is 10.2 Å². The molecule has 0 fully saturated rings. The molecule has 0 radical (unpaired) electrons. The van der Waals surface area contributed by atoms with Gasteiger partial charge in [-0.05, 0) is 11.0 Å². The predicted octanol–water partition coefficient (Wildman–Crippen LogP) is 1.50. The van der Waals surface area contributed by atoms with Crippen LogP contribution in [0.3, 0.4) is 0 Å². The van der Waals surface area contributed by atoms with Gasteiger partial charge in [-0.3, -0.25) is 0 Å². The Morgan fingerprint density at radius 2 is 2.50 bits per heavy atom. The van der Waals surface area contributed by atoms with Crippen molar-refractivity contribution in [3.63, 3.8) is 0 Å². The zero-order chi connectivity index (χ0) is 6.41. The maximum atomic E-state index is 10.3. The van der Waals surface area contributed by atoms with Crippen molar-refractivity contribution in [1.82, 2.24) is 0 Å². The lowest BCUT2D eigenvalue weighted by atomic mass is 10.6. The molecule has 0 aromatic rings. The van der Waals surface area contributed by atoms with E-state index in [2.05, 4.69) is 4.74 Å². The molecule has 46 valence electrons. The summed E-state index contributed by atoms with van der Waals surface area (Å²) < 4.78 is 6.17. The van der Waals surface area contributed by atoms with Crippen molar-refractivity contribution in [2.24, 2.45) is 0 Å². The first-order valence-corrected chi connectivity index (χ1v) is 3.49. The summed E-state index contributed by atoms with van der Waals surface area (Å²) in [5.74, 6) is -0.276. The van der Waals surface area contributed by atoms with E-state index in [1.165, 1.54) is 6.08 Å². The molecule has 0 atom stereocenters. The minimum Gasteiger partial charge on any atom is -0.463 e. The molecular formula is C5H7IO2. The summed E-state index contributed by atoms with van der Waals surface area (Å²) in [6.07, 6.45) is 1.38. The standard InChI is InChI=1S/C5H7IO2/c1-2-8-5(7)3-4-6/h3-4H,2H2,1H3/b4-3-. The van der Waals surface area contributed by atoms with E-state index in [-0.39, 0.29) is 5.97 Å². The summed E-state index contributed by atoms with van der Waals surface area (Å²) in [6.45, 7) is 2.22. The molecule has 0 saturated heterocycles. The molecule has 0 bridgehead atoms. The van der Waals surface area contributed by atoms with Gasteiger partial charge in [-0.1, -0.05) is 22.6 Å². The minimum atomic E-state index is -0.276. The van der Waals surface area contributed by atoms with Crippen LogP contribution < -0.4 is 0 Å². The average molecular weight is 226 g/mol. The Balaban J connectivity index is 3.33. The monoisotopic (exact) mass is 226 g/mol. The predicted molar refractivity (Wildman–Crippen MR) is 39.8 cm³/mol. The van der Waals surface area contributed by atoms with Crippen molar-refractivity contribution in [2.75, 3.05) is 6.61 Å². The van der Waals surface area contributed by atoms with Gasteiger partial charge in [0, 0.05) is 6.08 Å². The van der Waals surface area contributed by atoms with Gasteiger partial charge in [-0.15, -0.1) is 0 Å². The number of carbonyl (C=O) groups is 1. The summed E-state index contributed by atoms with van der Waals surface area (Å²) in [6, 6.07) is 0. The summed E-state index contributed by atoms with van der Waals surface area (Å²) in [5, 5.41) is 0. The molecule has 0 heterocycles. The molecule has 0 N–H and O–H groups in total.